The summed E-state index contributed by atoms with van der Waals surface area (Å²) < 4.78 is 29.9. The third-order valence-electron chi connectivity index (χ3n) is 0. The van der Waals surface area contributed by atoms with Gasteiger partial charge in [0.15, 0.2) is 0 Å². The molecule has 0 spiro atoms. The largest absolute Gasteiger partial charge is 0.635 e. The number of quaternary nitrogens is 1. The van der Waals surface area contributed by atoms with E-state index in [4.69, 9.17) is 5.02 Å². The lowest BCUT2D eigenvalue weighted by Crippen LogP contribution is -2.11. The number of hydrogen-bond donors (Lipinski definition) is 2. The highest BCUT2D eigenvalue weighted by molar-refractivity contribution is 6.49. The van der Waals surface area contributed by atoms with Crippen LogP contribution >= 0.6 is 0 Å². The predicted octanol–water partition coefficient (Wildman–Crippen LogP) is 0.699. The Morgan fingerprint density at radius 3 is 1.17 bits per heavy atom. The Labute approximate surface area is 32.6 Å². The molecule has 40 valence electrons. The van der Waals surface area contributed by atoms with Crippen LogP contribution in [0.1, 0.15) is 0 Å². The van der Waals surface area contributed by atoms with Crippen molar-refractivity contribution in [2.45, 2.75) is 0 Å². The Hall–Kier alpha value is -0.225. The van der Waals surface area contributed by atoms with E-state index in [1.54, 1.807) is 0 Å². The van der Waals surface area contributed by atoms with Crippen LogP contribution in [0.2, 0.25) is 0 Å². The second-order valence-corrected chi connectivity index (χ2v) is 0.540. The van der Waals surface area contributed by atoms with E-state index in [9.17, 15) is 12.9 Å². The molecule has 6 heavy (non-hydrogen) atoms. The first-order chi connectivity index (χ1) is 2.00. The van der Waals surface area contributed by atoms with Crippen molar-refractivity contribution in [2.75, 3.05) is 0 Å². The molecule has 0 aliphatic heterocycles. The number of halogens is 3. The van der Waals surface area contributed by atoms with Gasteiger partial charge in [-0.2, -0.15) is 0 Å². The molecule has 0 amide bonds. The summed E-state index contributed by atoms with van der Waals surface area (Å²) in [6.45, 7) is 0. The van der Waals surface area contributed by atoms with Crippen LogP contribution < -0.4 is 6.15 Å². The summed E-state index contributed by atoms with van der Waals surface area (Å²) in [6, 6.07) is 0. The van der Waals surface area contributed by atoms with Gasteiger partial charge in [0.1, 0.15) is 0 Å². The maximum Gasteiger partial charge on any atom is 0.635 e. The molecule has 0 saturated carbocycles. The zero-order valence-electron chi connectivity index (χ0n) is 3.16. The minimum absolute atomic E-state index is 0. The van der Waals surface area contributed by atoms with Gasteiger partial charge in [-0.05, 0) is 0 Å². The van der Waals surface area contributed by atoms with Crippen LogP contribution in [-0.4, -0.2) is 12.2 Å². The Morgan fingerprint density at radius 2 is 1.17 bits per heavy atom. The predicted molar refractivity (Wildman–Crippen MR) is 17.3 cm³/mol. The fourth-order valence-electron chi connectivity index (χ4n) is 0. The lowest BCUT2D eigenvalue weighted by molar-refractivity contribution is 0.284. The van der Waals surface area contributed by atoms with Crippen LogP contribution in [0.4, 0.5) is 12.9 Å². The molecule has 0 aliphatic carbocycles. The van der Waals surface area contributed by atoms with E-state index >= 15 is 0 Å². The van der Waals surface area contributed by atoms with Crippen LogP contribution in [0.15, 0.2) is 0 Å². The summed E-state index contributed by atoms with van der Waals surface area (Å²) in [5, 5.41) is 6.58. The Morgan fingerprint density at radius 1 is 1.17 bits per heavy atom. The zero-order chi connectivity index (χ0) is 4.50. The monoisotopic (exact) mass is 103 g/mol. The SMILES string of the molecule is O[B-](F)(F)F.[NH4+]. The molecule has 0 unspecified atom stereocenters. The summed E-state index contributed by atoms with van der Waals surface area (Å²) in [5.41, 5.74) is 0. The summed E-state index contributed by atoms with van der Waals surface area (Å²) in [7, 11) is -5.50. The summed E-state index contributed by atoms with van der Waals surface area (Å²) >= 11 is 0. The highest BCUT2D eigenvalue weighted by Crippen LogP contribution is 1.98. The average molecular weight is 103 g/mol. The summed E-state index contributed by atoms with van der Waals surface area (Å²) in [4.78, 5) is 0. The molecule has 0 radical (unpaired) electrons. The first-order valence-electron chi connectivity index (χ1n) is 0.913. The number of hydrogen-bond acceptors (Lipinski definition) is 1. The normalized spacial score (nSPS) is 10.0. The summed E-state index contributed by atoms with van der Waals surface area (Å²) in [6.07, 6.45) is 0. The van der Waals surface area contributed by atoms with Crippen LogP contribution in [0, 0.1) is 0 Å². The zero-order valence-corrected chi connectivity index (χ0v) is 3.16. The van der Waals surface area contributed by atoms with Crippen molar-refractivity contribution < 1.29 is 18.0 Å². The van der Waals surface area contributed by atoms with E-state index in [2.05, 4.69) is 0 Å². The maximum absolute atomic E-state index is 9.97. The Balaban J connectivity index is 0. The lowest BCUT2D eigenvalue weighted by atomic mass is 10.3. The Bertz CT molecular complexity index is 26.3. The van der Waals surface area contributed by atoms with E-state index in [0.717, 1.165) is 0 Å². The molecule has 0 fully saturated rings. The third-order valence-corrected chi connectivity index (χ3v) is 0. The van der Waals surface area contributed by atoms with Crippen molar-refractivity contribution in [3.63, 3.8) is 0 Å². The molecule has 0 heterocycles. The molecule has 0 bridgehead atoms. The van der Waals surface area contributed by atoms with Gasteiger partial charge in [-0.3, -0.25) is 0 Å². The number of rotatable bonds is 0. The molecule has 0 aromatic rings. The first-order valence-corrected chi connectivity index (χ1v) is 0.913. The standard InChI is InChI=1S/BF3HO.H3N/c2-1(3,4)5;/h5H;1H3/q-1;/p+1. The van der Waals surface area contributed by atoms with Gasteiger partial charge < -0.3 is 24.1 Å². The molecule has 0 rings (SSSR count). The molecular formula is H5BF3NO. The van der Waals surface area contributed by atoms with Gasteiger partial charge in [-0.15, -0.1) is 0 Å². The van der Waals surface area contributed by atoms with Crippen molar-refractivity contribution >= 4 is 7.18 Å². The van der Waals surface area contributed by atoms with Gasteiger partial charge in [0, 0.05) is 0 Å². The highest BCUT2D eigenvalue weighted by Gasteiger charge is 2.17. The van der Waals surface area contributed by atoms with Crippen LogP contribution in [0.5, 0.6) is 0 Å². The molecule has 0 aromatic heterocycles. The average Bonchev–Trinajstić information content (AvgIpc) is 0.722. The topological polar surface area (TPSA) is 56.7 Å². The van der Waals surface area contributed by atoms with Gasteiger partial charge in [0.25, 0.3) is 0 Å². The van der Waals surface area contributed by atoms with Crippen LogP contribution in [-0.2, 0) is 0 Å². The van der Waals surface area contributed by atoms with E-state index < -0.39 is 7.18 Å². The second-order valence-electron chi connectivity index (χ2n) is 0.540. The van der Waals surface area contributed by atoms with E-state index in [-0.39, 0.29) is 6.15 Å². The van der Waals surface area contributed by atoms with Gasteiger partial charge in [-0.25, -0.2) is 0 Å². The smallest absolute Gasteiger partial charge is 0.523 e. The Kier molecular flexibility index (Phi) is 3.14. The second kappa shape index (κ2) is 2.04. The highest BCUT2D eigenvalue weighted by atomic mass is 19.4. The molecule has 6 heteroatoms. The fourth-order valence-corrected chi connectivity index (χ4v) is 0. The van der Waals surface area contributed by atoms with Crippen molar-refractivity contribution in [3.8, 4) is 0 Å². The van der Waals surface area contributed by atoms with Gasteiger partial charge in [-0.1, -0.05) is 0 Å². The van der Waals surface area contributed by atoms with E-state index in [1.165, 1.54) is 0 Å². The molecule has 0 saturated heterocycles. The third kappa shape index (κ3) is 574. The summed E-state index contributed by atoms with van der Waals surface area (Å²) in [5.74, 6) is 0. The minimum atomic E-state index is -5.50. The lowest BCUT2D eigenvalue weighted by Gasteiger charge is -1.98. The van der Waals surface area contributed by atoms with Crippen molar-refractivity contribution in [1.29, 1.82) is 0 Å². The molecule has 0 atom stereocenters. The minimum Gasteiger partial charge on any atom is -0.523 e. The van der Waals surface area contributed by atoms with Gasteiger partial charge in [0.2, 0.25) is 0 Å². The fraction of sp³-hybridized carbons (Fsp3) is 0. The molecule has 2 nitrogen and oxygen atoms in total. The first kappa shape index (κ1) is 9.24. The van der Waals surface area contributed by atoms with Crippen molar-refractivity contribution in [2.24, 2.45) is 0 Å². The van der Waals surface area contributed by atoms with E-state index in [0.29, 0.717) is 0 Å². The van der Waals surface area contributed by atoms with Crippen molar-refractivity contribution in [3.05, 3.63) is 0 Å². The van der Waals surface area contributed by atoms with Gasteiger partial charge >= 0.3 is 7.18 Å². The van der Waals surface area contributed by atoms with E-state index in [1.807, 2.05) is 0 Å². The van der Waals surface area contributed by atoms with Crippen molar-refractivity contribution in [1.82, 2.24) is 6.15 Å². The maximum atomic E-state index is 9.97. The van der Waals surface area contributed by atoms with Crippen LogP contribution in [0.25, 0.3) is 0 Å². The van der Waals surface area contributed by atoms with Gasteiger partial charge in [0.05, 0.1) is 0 Å². The molecule has 5 N–H and O–H groups in total. The quantitative estimate of drug-likeness (QED) is 0.435. The molecular weight excluding hydrogens is 97.8 g/mol. The molecule has 0 aromatic carbocycles. The molecule has 0 aliphatic rings. The van der Waals surface area contributed by atoms with Crippen LogP contribution in [0.3, 0.4) is 0 Å².